The second-order valence-corrected chi connectivity index (χ2v) is 9.39. The maximum atomic E-state index is 12.0. The third kappa shape index (κ3) is 5.28. The summed E-state index contributed by atoms with van der Waals surface area (Å²) in [5.74, 6) is 0.201. The van der Waals surface area contributed by atoms with Gasteiger partial charge < -0.3 is 0 Å². The first-order chi connectivity index (χ1) is 12.1. The van der Waals surface area contributed by atoms with Crippen LogP contribution in [-0.4, -0.2) is 41.4 Å². The summed E-state index contributed by atoms with van der Waals surface area (Å²) in [4.78, 5) is 2.62. The molecule has 0 bridgehead atoms. The standard InChI is InChI=1S/C18H32N4O2S/c1-2-3-12-25(23,24)19-14-16-13-18-15-21(10-7-11-22(18)20-16)17-8-5-4-6-9-17/h13,17,19H,2-12,14-15H2,1H3. The minimum absolute atomic E-state index is 0.201. The van der Waals surface area contributed by atoms with Gasteiger partial charge in [0.05, 0.1) is 23.7 Å². The molecule has 6 nitrogen and oxygen atoms in total. The van der Waals surface area contributed by atoms with Crippen LogP contribution in [-0.2, 0) is 29.7 Å². The molecule has 1 N–H and O–H groups in total. The highest BCUT2D eigenvalue weighted by Crippen LogP contribution is 2.26. The van der Waals surface area contributed by atoms with Crippen LogP contribution in [0.3, 0.4) is 0 Å². The van der Waals surface area contributed by atoms with Gasteiger partial charge in [-0.25, -0.2) is 13.1 Å². The fourth-order valence-corrected chi connectivity index (χ4v) is 5.16. The molecule has 2 heterocycles. The van der Waals surface area contributed by atoms with Crippen LogP contribution in [0.4, 0.5) is 0 Å². The molecule has 142 valence electrons. The van der Waals surface area contributed by atoms with Gasteiger partial charge in [-0.15, -0.1) is 0 Å². The first-order valence-corrected chi connectivity index (χ1v) is 11.5. The first-order valence-electron chi connectivity index (χ1n) is 9.84. The third-order valence-corrected chi connectivity index (χ3v) is 6.84. The number of unbranched alkanes of at least 4 members (excludes halogenated alkanes) is 1. The molecular weight excluding hydrogens is 336 g/mol. The van der Waals surface area contributed by atoms with E-state index < -0.39 is 10.0 Å². The summed E-state index contributed by atoms with van der Waals surface area (Å²) in [5, 5.41) is 4.64. The van der Waals surface area contributed by atoms with Gasteiger partial charge in [-0.1, -0.05) is 32.6 Å². The molecule has 2 aliphatic rings. The minimum atomic E-state index is -3.19. The summed E-state index contributed by atoms with van der Waals surface area (Å²) in [6.07, 6.45) is 9.42. The molecule has 1 aliphatic heterocycles. The molecule has 0 amide bonds. The topological polar surface area (TPSA) is 67.2 Å². The number of hydrogen-bond acceptors (Lipinski definition) is 4. The molecule has 1 aliphatic carbocycles. The van der Waals surface area contributed by atoms with Crippen molar-refractivity contribution in [1.29, 1.82) is 0 Å². The lowest BCUT2D eigenvalue weighted by atomic mass is 9.94. The van der Waals surface area contributed by atoms with Crippen molar-refractivity contribution in [2.75, 3.05) is 12.3 Å². The summed E-state index contributed by atoms with van der Waals surface area (Å²) < 4.78 is 28.7. The Labute approximate surface area is 152 Å². The van der Waals surface area contributed by atoms with E-state index in [1.165, 1.54) is 37.8 Å². The number of rotatable bonds is 7. The summed E-state index contributed by atoms with van der Waals surface area (Å²) >= 11 is 0. The number of nitrogens with zero attached hydrogens (tertiary/aromatic N) is 3. The maximum absolute atomic E-state index is 12.0. The molecule has 0 radical (unpaired) electrons. The quantitative estimate of drug-likeness (QED) is 0.803. The van der Waals surface area contributed by atoms with Crippen LogP contribution in [0.5, 0.6) is 0 Å². The van der Waals surface area contributed by atoms with Crippen molar-refractivity contribution in [3.05, 3.63) is 17.5 Å². The number of hydrogen-bond donors (Lipinski definition) is 1. The molecule has 0 aromatic carbocycles. The van der Waals surface area contributed by atoms with E-state index in [1.807, 2.05) is 6.92 Å². The Balaban J connectivity index is 1.61. The number of fused-ring (bicyclic) bond motifs is 1. The van der Waals surface area contributed by atoms with Crippen LogP contribution in [0.2, 0.25) is 0 Å². The van der Waals surface area contributed by atoms with E-state index in [0.29, 0.717) is 19.0 Å². The molecule has 1 aromatic heterocycles. The molecule has 25 heavy (non-hydrogen) atoms. The smallest absolute Gasteiger partial charge is 0.211 e. The second-order valence-electron chi connectivity index (χ2n) is 7.46. The lowest BCUT2D eigenvalue weighted by Gasteiger charge is -2.33. The molecule has 0 atom stereocenters. The van der Waals surface area contributed by atoms with E-state index in [-0.39, 0.29) is 5.75 Å². The number of nitrogens with one attached hydrogen (secondary N) is 1. The van der Waals surface area contributed by atoms with Gasteiger partial charge in [0.2, 0.25) is 10.0 Å². The van der Waals surface area contributed by atoms with Crippen molar-refractivity contribution < 1.29 is 8.42 Å². The highest BCUT2D eigenvalue weighted by molar-refractivity contribution is 7.89. The van der Waals surface area contributed by atoms with Crippen molar-refractivity contribution in [2.45, 2.75) is 84.0 Å². The maximum Gasteiger partial charge on any atom is 0.211 e. The van der Waals surface area contributed by atoms with Crippen molar-refractivity contribution in [2.24, 2.45) is 0 Å². The first kappa shape index (κ1) is 18.9. The summed E-state index contributed by atoms with van der Waals surface area (Å²) in [6, 6.07) is 2.80. The van der Waals surface area contributed by atoms with Crippen LogP contribution >= 0.6 is 0 Å². The Morgan fingerprint density at radius 1 is 1.20 bits per heavy atom. The lowest BCUT2D eigenvalue weighted by molar-refractivity contribution is 0.150. The summed E-state index contributed by atoms with van der Waals surface area (Å²) in [6.45, 7) is 5.32. The predicted molar refractivity (Wildman–Crippen MR) is 99.7 cm³/mol. The van der Waals surface area contributed by atoms with Crippen LogP contribution in [0, 0.1) is 0 Å². The van der Waals surface area contributed by atoms with Crippen molar-refractivity contribution in [3.63, 3.8) is 0 Å². The Hall–Kier alpha value is -0.920. The largest absolute Gasteiger partial charge is 0.295 e. The SMILES string of the molecule is CCCCS(=O)(=O)NCc1cc2n(n1)CCCN(C1CCCCC1)C2. The van der Waals surface area contributed by atoms with Crippen molar-refractivity contribution in [3.8, 4) is 0 Å². The molecule has 0 saturated heterocycles. The Bertz CT molecular complexity index is 650. The Morgan fingerprint density at radius 3 is 2.76 bits per heavy atom. The van der Waals surface area contributed by atoms with E-state index in [4.69, 9.17) is 0 Å². The second kappa shape index (κ2) is 8.64. The van der Waals surface area contributed by atoms with Gasteiger partial charge in [-0.2, -0.15) is 5.10 Å². The number of aromatic nitrogens is 2. The van der Waals surface area contributed by atoms with E-state index >= 15 is 0 Å². The Kier molecular flexibility index (Phi) is 6.52. The van der Waals surface area contributed by atoms with Crippen molar-refractivity contribution in [1.82, 2.24) is 19.4 Å². The zero-order valence-electron chi connectivity index (χ0n) is 15.4. The number of sulfonamides is 1. The van der Waals surface area contributed by atoms with Gasteiger partial charge in [0, 0.05) is 25.7 Å². The van der Waals surface area contributed by atoms with Crippen LogP contribution in [0.15, 0.2) is 6.07 Å². The van der Waals surface area contributed by atoms with E-state index in [1.54, 1.807) is 0 Å². The highest BCUT2D eigenvalue weighted by atomic mass is 32.2. The molecule has 1 saturated carbocycles. The summed E-state index contributed by atoms with van der Waals surface area (Å²) in [7, 11) is -3.19. The molecule has 1 fully saturated rings. The zero-order valence-corrected chi connectivity index (χ0v) is 16.2. The van der Waals surface area contributed by atoms with Gasteiger partial charge >= 0.3 is 0 Å². The normalized spacial score (nSPS) is 20.4. The lowest BCUT2D eigenvalue weighted by Crippen LogP contribution is -2.36. The van der Waals surface area contributed by atoms with Gasteiger partial charge in [0.1, 0.15) is 0 Å². The molecule has 3 rings (SSSR count). The summed E-state index contributed by atoms with van der Waals surface area (Å²) in [5.41, 5.74) is 2.06. The molecular formula is C18H32N4O2S. The van der Waals surface area contributed by atoms with E-state index in [0.717, 1.165) is 38.2 Å². The monoisotopic (exact) mass is 368 g/mol. The van der Waals surface area contributed by atoms with Crippen LogP contribution in [0.25, 0.3) is 0 Å². The fraction of sp³-hybridized carbons (Fsp3) is 0.833. The molecule has 0 unspecified atom stereocenters. The molecule has 1 aromatic rings. The third-order valence-electron chi connectivity index (χ3n) is 5.43. The average molecular weight is 369 g/mol. The predicted octanol–water partition coefficient (Wildman–Crippen LogP) is 2.64. The van der Waals surface area contributed by atoms with Crippen LogP contribution < -0.4 is 4.72 Å². The minimum Gasteiger partial charge on any atom is -0.295 e. The van der Waals surface area contributed by atoms with Gasteiger partial charge in [-0.3, -0.25) is 9.58 Å². The number of aryl methyl sites for hydroxylation is 1. The van der Waals surface area contributed by atoms with Crippen molar-refractivity contribution >= 4 is 10.0 Å². The van der Waals surface area contributed by atoms with Gasteiger partial charge in [0.25, 0.3) is 0 Å². The van der Waals surface area contributed by atoms with Crippen LogP contribution in [0.1, 0.15) is 69.7 Å². The van der Waals surface area contributed by atoms with Gasteiger partial charge in [-0.05, 0) is 31.7 Å². The molecule has 7 heteroatoms. The van der Waals surface area contributed by atoms with Gasteiger partial charge in [0.15, 0.2) is 0 Å². The fourth-order valence-electron chi connectivity index (χ4n) is 3.98. The van der Waals surface area contributed by atoms with E-state index in [9.17, 15) is 8.42 Å². The molecule has 0 spiro atoms. The zero-order chi connectivity index (χ0) is 17.7. The van der Waals surface area contributed by atoms with E-state index in [2.05, 4.69) is 25.5 Å². The highest BCUT2D eigenvalue weighted by Gasteiger charge is 2.24. The average Bonchev–Trinajstić information content (AvgIpc) is 2.89. The Morgan fingerprint density at radius 2 is 2.00 bits per heavy atom.